The molecule has 6 heteroatoms. The summed E-state index contributed by atoms with van der Waals surface area (Å²) in [6, 6.07) is 16.9. The van der Waals surface area contributed by atoms with E-state index in [4.69, 9.17) is 10.5 Å². The number of rotatable bonds is 5. The van der Waals surface area contributed by atoms with Gasteiger partial charge in [0, 0.05) is 5.56 Å². The van der Waals surface area contributed by atoms with Crippen molar-refractivity contribution in [3.05, 3.63) is 65.7 Å². The molecule has 0 aliphatic rings. The zero-order chi connectivity index (χ0) is 15.8. The van der Waals surface area contributed by atoms with Crippen LogP contribution in [0.25, 0.3) is 0 Å². The first-order valence-corrected chi connectivity index (χ1v) is 6.55. The van der Waals surface area contributed by atoms with Crippen LogP contribution in [0, 0.1) is 0 Å². The summed E-state index contributed by atoms with van der Waals surface area (Å²) >= 11 is 0. The minimum Gasteiger partial charge on any atom is -0.488 e. The lowest BCUT2D eigenvalue weighted by Gasteiger charge is -2.08. The molecule has 0 heterocycles. The van der Waals surface area contributed by atoms with Crippen molar-refractivity contribution in [3.63, 3.8) is 0 Å². The van der Waals surface area contributed by atoms with Crippen LogP contribution in [0.4, 0.5) is 0 Å². The number of amides is 2. The van der Waals surface area contributed by atoms with Gasteiger partial charge in [-0.15, -0.1) is 0 Å². The average Bonchev–Trinajstić information content (AvgIpc) is 2.54. The van der Waals surface area contributed by atoms with Crippen molar-refractivity contribution in [3.8, 4) is 5.75 Å². The smallest absolute Gasteiger partial charge is 0.329 e. The van der Waals surface area contributed by atoms with Gasteiger partial charge in [0.2, 0.25) is 0 Å². The normalized spacial score (nSPS) is 10.4. The molecule has 0 saturated heterocycles. The highest BCUT2D eigenvalue weighted by Gasteiger charge is 2.06. The predicted octanol–water partition coefficient (Wildman–Crippen LogP) is 1.20. The van der Waals surface area contributed by atoms with Crippen molar-refractivity contribution >= 4 is 18.0 Å². The van der Waals surface area contributed by atoms with Crippen LogP contribution in [0.15, 0.2) is 59.7 Å². The van der Waals surface area contributed by atoms with Gasteiger partial charge >= 0.3 is 11.8 Å². The summed E-state index contributed by atoms with van der Waals surface area (Å²) in [4.78, 5) is 21.6. The van der Waals surface area contributed by atoms with E-state index in [1.54, 1.807) is 12.1 Å². The zero-order valence-electron chi connectivity index (χ0n) is 11.7. The molecular weight excluding hydrogens is 282 g/mol. The minimum absolute atomic E-state index is 0.416. The van der Waals surface area contributed by atoms with Gasteiger partial charge in [-0.3, -0.25) is 9.59 Å². The Morgan fingerprint density at radius 3 is 2.50 bits per heavy atom. The van der Waals surface area contributed by atoms with E-state index < -0.39 is 11.8 Å². The number of hydrogen-bond donors (Lipinski definition) is 2. The Balaban J connectivity index is 2.02. The molecule has 2 aromatic rings. The van der Waals surface area contributed by atoms with Crippen LogP contribution in [0.1, 0.15) is 11.1 Å². The van der Waals surface area contributed by atoms with E-state index in [2.05, 4.69) is 5.10 Å². The van der Waals surface area contributed by atoms with Crippen LogP contribution in [0.5, 0.6) is 5.75 Å². The second-order valence-electron chi connectivity index (χ2n) is 4.38. The lowest BCUT2D eigenvalue weighted by Crippen LogP contribution is -2.32. The highest BCUT2D eigenvalue weighted by atomic mass is 16.5. The summed E-state index contributed by atoms with van der Waals surface area (Å²) in [7, 11) is 0. The first-order chi connectivity index (χ1) is 10.7. The average molecular weight is 297 g/mol. The molecule has 0 aliphatic heterocycles. The summed E-state index contributed by atoms with van der Waals surface area (Å²) in [5, 5.41) is 3.67. The van der Waals surface area contributed by atoms with Crippen LogP contribution in [-0.2, 0) is 16.2 Å². The van der Waals surface area contributed by atoms with Crippen molar-refractivity contribution in [1.29, 1.82) is 0 Å². The molecule has 0 spiro atoms. The summed E-state index contributed by atoms with van der Waals surface area (Å²) in [5.41, 5.74) is 8.55. The maximum atomic E-state index is 11.0. The molecule has 0 atom stereocenters. The number of benzene rings is 2. The summed E-state index contributed by atoms with van der Waals surface area (Å²) in [6.45, 7) is 0.416. The van der Waals surface area contributed by atoms with E-state index in [9.17, 15) is 9.59 Å². The number of carbonyl (C=O) groups excluding carboxylic acids is 2. The van der Waals surface area contributed by atoms with Gasteiger partial charge in [-0.1, -0.05) is 42.5 Å². The molecule has 6 nitrogen and oxygen atoms in total. The quantitative estimate of drug-likeness (QED) is 0.493. The topological polar surface area (TPSA) is 93.8 Å². The second kappa shape index (κ2) is 7.58. The molecule has 0 aromatic heterocycles. The van der Waals surface area contributed by atoms with Gasteiger partial charge in [-0.25, -0.2) is 5.43 Å². The van der Waals surface area contributed by atoms with Crippen molar-refractivity contribution in [2.45, 2.75) is 6.61 Å². The van der Waals surface area contributed by atoms with Crippen LogP contribution in [0.2, 0.25) is 0 Å². The summed E-state index contributed by atoms with van der Waals surface area (Å²) in [5.74, 6) is -1.45. The Morgan fingerprint density at radius 2 is 1.77 bits per heavy atom. The maximum Gasteiger partial charge on any atom is 0.329 e. The number of hydrogen-bond acceptors (Lipinski definition) is 4. The lowest BCUT2D eigenvalue weighted by atomic mass is 10.2. The molecule has 2 aromatic carbocycles. The molecular formula is C16H15N3O3. The van der Waals surface area contributed by atoms with Crippen LogP contribution < -0.4 is 15.9 Å². The van der Waals surface area contributed by atoms with Crippen molar-refractivity contribution in [2.24, 2.45) is 10.8 Å². The van der Waals surface area contributed by atoms with Crippen molar-refractivity contribution < 1.29 is 14.3 Å². The van der Waals surface area contributed by atoms with E-state index in [1.165, 1.54) is 6.21 Å². The molecule has 0 aliphatic carbocycles. The van der Waals surface area contributed by atoms with E-state index in [1.807, 2.05) is 47.9 Å². The van der Waals surface area contributed by atoms with Gasteiger partial charge in [0.05, 0.1) is 6.21 Å². The Labute approximate surface area is 127 Å². The van der Waals surface area contributed by atoms with Crippen molar-refractivity contribution in [1.82, 2.24) is 5.43 Å². The van der Waals surface area contributed by atoms with E-state index in [-0.39, 0.29) is 0 Å². The second-order valence-corrected chi connectivity index (χ2v) is 4.38. The molecule has 3 N–H and O–H groups in total. The Hall–Kier alpha value is -3.15. The number of carbonyl (C=O) groups is 2. The van der Waals surface area contributed by atoms with Gasteiger partial charge in [0.1, 0.15) is 12.4 Å². The molecule has 2 rings (SSSR count). The SMILES string of the molecule is NC(=O)C(=O)N/N=C\c1ccccc1OCc1ccccc1. The first kappa shape index (κ1) is 15.2. The molecule has 0 fully saturated rings. The number of nitrogens with zero attached hydrogens (tertiary/aromatic N) is 1. The Bertz CT molecular complexity index is 684. The number of nitrogens with one attached hydrogen (secondary N) is 1. The van der Waals surface area contributed by atoms with E-state index in [0.717, 1.165) is 5.56 Å². The molecule has 2 amide bonds. The van der Waals surface area contributed by atoms with Gasteiger partial charge in [-0.05, 0) is 17.7 Å². The van der Waals surface area contributed by atoms with Crippen LogP contribution in [-0.4, -0.2) is 18.0 Å². The van der Waals surface area contributed by atoms with Gasteiger partial charge in [0.15, 0.2) is 0 Å². The third kappa shape index (κ3) is 4.45. The van der Waals surface area contributed by atoms with Crippen LogP contribution >= 0.6 is 0 Å². The first-order valence-electron chi connectivity index (χ1n) is 6.55. The number of hydrazone groups is 1. The molecule has 112 valence electrons. The molecule has 0 saturated carbocycles. The number of para-hydroxylation sites is 1. The minimum atomic E-state index is -1.09. The number of primary amides is 1. The fraction of sp³-hybridized carbons (Fsp3) is 0.0625. The lowest BCUT2D eigenvalue weighted by molar-refractivity contribution is -0.137. The Kier molecular flexibility index (Phi) is 5.25. The third-order valence-electron chi connectivity index (χ3n) is 2.75. The monoisotopic (exact) mass is 297 g/mol. The van der Waals surface area contributed by atoms with E-state index in [0.29, 0.717) is 17.9 Å². The number of nitrogens with two attached hydrogens (primary N) is 1. The van der Waals surface area contributed by atoms with Crippen molar-refractivity contribution in [2.75, 3.05) is 0 Å². The van der Waals surface area contributed by atoms with Gasteiger partial charge < -0.3 is 10.5 Å². The summed E-state index contributed by atoms with van der Waals surface area (Å²) < 4.78 is 5.73. The molecule has 22 heavy (non-hydrogen) atoms. The Morgan fingerprint density at radius 1 is 1.09 bits per heavy atom. The zero-order valence-corrected chi connectivity index (χ0v) is 11.7. The maximum absolute atomic E-state index is 11.0. The van der Waals surface area contributed by atoms with Gasteiger partial charge in [-0.2, -0.15) is 5.10 Å². The molecule has 0 unspecified atom stereocenters. The van der Waals surface area contributed by atoms with Crippen LogP contribution in [0.3, 0.4) is 0 Å². The fourth-order valence-electron chi connectivity index (χ4n) is 1.67. The molecule has 0 radical (unpaired) electrons. The molecule has 0 bridgehead atoms. The predicted molar refractivity (Wildman–Crippen MR) is 82.1 cm³/mol. The highest BCUT2D eigenvalue weighted by Crippen LogP contribution is 2.17. The third-order valence-corrected chi connectivity index (χ3v) is 2.75. The highest BCUT2D eigenvalue weighted by molar-refractivity contribution is 6.34. The van der Waals surface area contributed by atoms with E-state index >= 15 is 0 Å². The fourth-order valence-corrected chi connectivity index (χ4v) is 1.67. The standard InChI is InChI=1S/C16H15N3O3/c17-15(20)16(21)19-18-10-13-8-4-5-9-14(13)22-11-12-6-2-1-3-7-12/h1-10H,11H2,(H2,17,20)(H,19,21)/b18-10-. The van der Waals surface area contributed by atoms with Gasteiger partial charge in [0.25, 0.3) is 0 Å². The largest absolute Gasteiger partial charge is 0.488 e. The summed E-state index contributed by atoms with van der Waals surface area (Å²) in [6.07, 6.45) is 1.39. The number of ether oxygens (including phenoxy) is 1.